The summed E-state index contributed by atoms with van der Waals surface area (Å²) in [5, 5.41) is 9.95. The number of rotatable bonds is 3. The molecule has 0 aliphatic carbocycles. The summed E-state index contributed by atoms with van der Waals surface area (Å²) in [6, 6.07) is 2.18. The third-order valence-electron chi connectivity index (χ3n) is 2.25. The molecule has 0 saturated heterocycles. The molecule has 20 heavy (non-hydrogen) atoms. The molecule has 10 heteroatoms. The van der Waals surface area contributed by atoms with Gasteiger partial charge in [0.15, 0.2) is 17.3 Å². The van der Waals surface area contributed by atoms with Crippen molar-refractivity contribution in [1.82, 2.24) is 5.16 Å². The summed E-state index contributed by atoms with van der Waals surface area (Å²) in [5.74, 6) is -3.49. The molecule has 0 atom stereocenters. The first-order chi connectivity index (χ1) is 9.29. The number of carbonyl (C=O) groups is 1. The van der Waals surface area contributed by atoms with Crippen LogP contribution in [-0.2, 0) is 10.0 Å². The fraction of sp³-hybridized carbons (Fsp3) is 0. The Morgan fingerprint density at radius 2 is 1.90 bits per heavy atom. The lowest BCUT2D eigenvalue weighted by molar-refractivity contribution is 0.101. The van der Waals surface area contributed by atoms with Crippen LogP contribution in [-0.4, -0.2) is 19.5 Å². The van der Waals surface area contributed by atoms with E-state index >= 15 is 0 Å². The van der Waals surface area contributed by atoms with E-state index in [0.29, 0.717) is 12.1 Å². The van der Waals surface area contributed by atoms with Crippen LogP contribution in [0.25, 0.3) is 0 Å². The highest BCUT2D eigenvalue weighted by Crippen LogP contribution is 2.23. The number of primary sulfonamides is 1. The molecule has 3 N–H and O–H groups in total. The highest BCUT2D eigenvalue weighted by Gasteiger charge is 2.19. The number of anilines is 1. The molecule has 0 bridgehead atoms. The van der Waals surface area contributed by atoms with E-state index in [9.17, 15) is 22.0 Å². The van der Waals surface area contributed by atoms with Crippen LogP contribution in [0, 0.1) is 11.6 Å². The van der Waals surface area contributed by atoms with Gasteiger partial charge in [-0.1, -0.05) is 5.16 Å². The predicted octanol–water partition coefficient (Wildman–Crippen LogP) is 0.853. The quantitative estimate of drug-likeness (QED) is 0.872. The topological polar surface area (TPSA) is 115 Å². The molecular weight excluding hydrogens is 296 g/mol. The second kappa shape index (κ2) is 4.98. The van der Waals surface area contributed by atoms with Gasteiger partial charge in [-0.15, -0.1) is 0 Å². The summed E-state index contributed by atoms with van der Waals surface area (Å²) in [4.78, 5) is 10.8. The number of hydrogen-bond donors (Lipinski definition) is 2. The summed E-state index contributed by atoms with van der Waals surface area (Å²) in [6.07, 6.45) is 1.10. The minimum absolute atomic E-state index is 0.195. The van der Waals surface area contributed by atoms with Gasteiger partial charge in [0.2, 0.25) is 10.0 Å². The van der Waals surface area contributed by atoms with Crippen LogP contribution in [0.15, 0.2) is 33.9 Å². The van der Waals surface area contributed by atoms with Gasteiger partial charge in [0.1, 0.15) is 12.0 Å². The lowest BCUT2D eigenvalue weighted by Gasteiger charge is -2.07. The zero-order chi connectivity index (χ0) is 14.9. The van der Waals surface area contributed by atoms with Gasteiger partial charge in [-0.25, -0.2) is 22.3 Å². The van der Waals surface area contributed by atoms with E-state index in [1.54, 1.807) is 0 Å². The fourth-order valence-corrected chi connectivity index (χ4v) is 1.88. The van der Waals surface area contributed by atoms with Gasteiger partial charge in [-0.2, -0.15) is 0 Å². The van der Waals surface area contributed by atoms with E-state index in [4.69, 9.17) is 5.14 Å². The first kappa shape index (κ1) is 14.1. The average molecular weight is 303 g/mol. The molecule has 0 radical (unpaired) electrons. The number of benzene rings is 1. The first-order valence-electron chi connectivity index (χ1n) is 5.02. The molecule has 0 fully saturated rings. The normalized spacial score (nSPS) is 11.3. The minimum Gasteiger partial charge on any atom is -0.364 e. The van der Waals surface area contributed by atoms with Gasteiger partial charge in [-0.3, -0.25) is 4.79 Å². The fourth-order valence-electron chi connectivity index (χ4n) is 1.34. The summed E-state index contributed by atoms with van der Waals surface area (Å²) < 4.78 is 53.6. The van der Waals surface area contributed by atoms with Crippen LogP contribution in [0.3, 0.4) is 0 Å². The molecule has 0 aliphatic rings. The molecule has 0 unspecified atom stereocenters. The van der Waals surface area contributed by atoms with Crippen LogP contribution >= 0.6 is 0 Å². The van der Waals surface area contributed by atoms with Crippen molar-refractivity contribution in [2.45, 2.75) is 4.90 Å². The molecule has 1 aromatic carbocycles. The number of carbonyl (C=O) groups excluding carboxylic acids is 1. The van der Waals surface area contributed by atoms with E-state index in [1.807, 2.05) is 5.32 Å². The maximum absolute atomic E-state index is 13.6. The third-order valence-corrected chi connectivity index (χ3v) is 3.15. The van der Waals surface area contributed by atoms with Gasteiger partial charge in [0, 0.05) is 6.07 Å². The van der Waals surface area contributed by atoms with E-state index < -0.39 is 38.1 Å². The number of sulfonamides is 1. The van der Waals surface area contributed by atoms with Crippen molar-refractivity contribution in [3.63, 3.8) is 0 Å². The zero-order valence-corrected chi connectivity index (χ0v) is 10.4. The van der Waals surface area contributed by atoms with Gasteiger partial charge >= 0.3 is 0 Å². The Hall–Kier alpha value is -2.33. The number of nitrogens with one attached hydrogen (secondary N) is 1. The van der Waals surface area contributed by atoms with Crippen molar-refractivity contribution in [2.24, 2.45) is 5.14 Å². The smallest absolute Gasteiger partial charge is 0.277 e. The maximum atomic E-state index is 13.6. The number of aromatic nitrogens is 1. The summed E-state index contributed by atoms with van der Waals surface area (Å²) in [7, 11) is -4.26. The Labute approximate surface area is 111 Å². The SMILES string of the molecule is NS(=O)(=O)c1cc(F)c(NC(=O)c2ccon2)c(F)c1. The monoisotopic (exact) mass is 303 g/mol. The van der Waals surface area contributed by atoms with Crippen LogP contribution in [0.4, 0.5) is 14.5 Å². The first-order valence-corrected chi connectivity index (χ1v) is 6.57. The second-order valence-corrected chi connectivity index (χ2v) is 5.21. The van der Waals surface area contributed by atoms with Crippen molar-refractivity contribution in [3.05, 3.63) is 41.8 Å². The summed E-state index contributed by atoms with van der Waals surface area (Å²) in [6.45, 7) is 0. The average Bonchev–Trinajstić information content (AvgIpc) is 2.85. The number of halogens is 2. The van der Waals surface area contributed by atoms with E-state index in [2.05, 4.69) is 9.68 Å². The number of hydrogen-bond acceptors (Lipinski definition) is 5. The van der Waals surface area contributed by atoms with Gasteiger partial charge in [0.05, 0.1) is 4.90 Å². The lowest BCUT2D eigenvalue weighted by atomic mass is 10.2. The van der Waals surface area contributed by atoms with Gasteiger partial charge < -0.3 is 9.84 Å². The van der Waals surface area contributed by atoms with Crippen LogP contribution in [0.1, 0.15) is 10.5 Å². The zero-order valence-electron chi connectivity index (χ0n) is 9.63. The molecule has 2 aromatic rings. The molecule has 7 nitrogen and oxygen atoms in total. The molecule has 0 spiro atoms. The molecule has 2 rings (SSSR count). The Balaban J connectivity index is 2.37. The number of nitrogens with two attached hydrogens (primary N) is 1. The summed E-state index contributed by atoms with van der Waals surface area (Å²) in [5.41, 5.74) is -1.01. The maximum Gasteiger partial charge on any atom is 0.277 e. The Morgan fingerprint density at radius 3 is 2.35 bits per heavy atom. The van der Waals surface area contributed by atoms with E-state index in [1.165, 1.54) is 6.07 Å². The van der Waals surface area contributed by atoms with Crippen LogP contribution in [0.5, 0.6) is 0 Å². The predicted molar refractivity (Wildman–Crippen MR) is 62.2 cm³/mol. The lowest BCUT2D eigenvalue weighted by Crippen LogP contribution is -2.17. The van der Waals surface area contributed by atoms with Crippen molar-refractivity contribution < 1.29 is 26.5 Å². The largest absolute Gasteiger partial charge is 0.364 e. The van der Waals surface area contributed by atoms with E-state index in [0.717, 1.165) is 6.26 Å². The van der Waals surface area contributed by atoms with Crippen LogP contribution < -0.4 is 10.5 Å². The molecular formula is C10H7F2N3O4S. The standard InChI is InChI=1S/C10H7F2N3O4S/c11-6-3-5(20(13,17)18)4-7(12)9(6)14-10(16)8-1-2-19-15-8/h1-4H,(H,14,16)(H2,13,17,18). The summed E-state index contributed by atoms with van der Waals surface area (Å²) >= 11 is 0. The van der Waals surface area contributed by atoms with Crippen LogP contribution in [0.2, 0.25) is 0 Å². The number of amides is 1. The Bertz CT molecular complexity index is 736. The van der Waals surface area contributed by atoms with E-state index in [-0.39, 0.29) is 5.69 Å². The number of nitrogens with zero attached hydrogens (tertiary/aromatic N) is 1. The highest BCUT2D eigenvalue weighted by atomic mass is 32.2. The molecule has 106 valence electrons. The second-order valence-electron chi connectivity index (χ2n) is 3.65. The van der Waals surface area contributed by atoms with Crippen molar-refractivity contribution in [2.75, 3.05) is 5.32 Å². The minimum atomic E-state index is -4.26. The Morgan fingerprint density at radius 1 is 1.30 bits per heavy atom. The molecule has 1 heterocycles. The van der Waals surface area contributed by atoms with Crippen molar-refractivity contribution in [1.29, 1.82) is 0 Å². The molecule has 1 aromatic heterocycles. The molecule has 0 aliphatic heterocycles. The van der Waals surface area contributed by atoms with Crippen molar-refractivity contribution in [3.8, 4) is 0 Å². The van der Waals surface area contributed by atoms with Gasteiger partial charge in [0.25, 0.3) is 5.91 Å². The third kappa shape index (κ3) is 2.81. The highest BCUT2D eigenvalue weighted by molar-refractivity contribution is 7.89. The van der Waals surface area contributed by atoms with Gasteiger partial charge in [-0.05, 0) is 12.1 Å². The molecule has 1 amide bonds. The van der Waals surface area contributed by atoms with Crippen molar-refractivity contribution >= 4 is 21.6 Å². The molecule has 0 saturated carbocycles. The Kier molecular flexibility index (Phi) is 3.51.